The molecule has 0 aliphatic heterocycles. The van der Waals surface area contributed by atoms with E-state index < -0.39 is 18.1 Å². The minimum Gasteiger partial charge on any atom is -0.337 e. The summed E-state index contributed by atoms with van der Waals surface area (Å²) in [6.45, 7) is 1.69. The first kappa shape index (κ1) is 16.0. The Morgan fingerprint density at radius 2 is 2.08 bits per heavy atom. The van der Waals surface area contributed by atoms with Crippen molar-refractivity contribution in [3.8, 4) is 0 Å². The van der Waals surface area contributed by atoms with E-state index in [1.165, 1.54) is 47.5 Å². The van der Waals surface area contributed by atoms with Crippen molar-refractivity contribution < 1.29 is 18.0 Å². The zero-order valence-corrected chi connectivity index (χ0v) is 12.6. The van der Waals surface area contributed by atoms with E-state index in [2.05, 4.69) is 10.1 Å². The molecule has 0 spiro atoms. The first-order valence-corrected chi connectivity index (χ1v) is 7.08. The number of hydrogen-bond donors (Lipinski definition) is 1. The smallest absolute Gasteiger partial charge is 0.337 e. The van der Waals surface area contributed by atoms with E-state index in [-0.39, 0.29) is 11.1 Å². The summed E-state index contributed by atoms with van der Waals surface area (Å²) in [4.78, 5) is 16.2. The van der Waals surface area contributed by atoms with Crippen molar-refractivity contribution >= 4 is 11.4 Å². The van der Waals surface area contributed by atoms with Gasteiger partial charge in [-0.05, 0) is 12.5 Å². The van der Waals surface area contributed by atoms with Gasteiger partial charge in [-0.15, -0.1) is 0 Å². The van der Waals surface area contributed by atoms with E-state index in [1.54, 1.807) is 13.0 Å². The number of alkyl halides is 3. The van der Waals surface area contributed by atoms with Crippen molar-refractivity contribution in [3.05, 3.63) is 65.7 Å². The fraction of sp³-hybridized carbons (Fsp3) is 0.188. The molecule has 0 aliphatic rings. The van der Waals surface area contributed by atoms with Crippen LogP contribution in [0.2, 0.25) is 0 Å². The molecule has 0 aliphatic carbocycles. The molecule has 8 heteroatoms. The maximum atomic E-state index is 13.4. The second-order valence-electron chi connectivity index (χ2n) is 5.33. The van der Waals surface area contributed by atoms with Crippen LogP contribution in [0.5, 0.6) is 0 Å². The monoisotopic (exact) mass is 334 g/mol. The van der Waals surface area contributed by atoms with Gasteiger partial charge in [0.1, 0.15) is 0 Å². The van der Waals surface area contributed by atoms with Crippen LogP contribution in [0.4, 0.5) is 13.2 Å². The molecule has 1 aromatic carbocycles. The Morgan fingerprint density at radius 3 is 2.79 bits per heavy atom. The number of nitrogens with one attached hydrogen (secondary N) is 1. The minimum absolute atomic E-state index is 0.0227. The highest BCUT2D eigenvalue weighted by Gasteiger charge is 2.42. The number of hydrogen-bond acceptors (Lipinski definition) is 3. The number of amides is 1. The lowest BCUT2D eigenvalue weighted by Crippen LogP contribution is -2.38. The Morgan fingerprint density at radius 1 is 1.29 bits per heavy atom. The standard InChI is InChI=1S/C16H13F3N4O/c1-10-3-2-4-11(7-10)14(16(17,18)19)22-15(24)12-8-21-23-6-5-20-9-13(12)23/h2-9,14H,1H3,(H,22,24)/t14-/m1/s1. The number of nitrogens with zero attached hydrogens (tertiary/aromatic N) is 3. The third-order valence-electron chi connectivity index (χ3n) is 3.55. The summed E-state index contributed by atoms with van der Waals surface area (Å²) in [5, 5.41) is 5.98. The van der Waals surface area contributed by atoms with Crippen molar-refractivity contribution in [2.45, 2.75) is 19.1 Å². The average Bonchev–Trinajstić information content (AvgIpc) is 2.95. The van der Waals surface area contributed by atoms with Crippen LogP contribution in [-0.4, -0.2) is 26.7 Å². The van der Waals surface area contributed by atoms with Crippen LogP contribution in [0.25, 0.3) is 5.52 Å². The summed E-state index contributed by atoms with van der Waals surface area (Å²) in [6, 6.07) is 3.85. The molecule has 1 atom stereocenters. The molecule has 0 radical (unpaired) electrons. The number of aromatic nitrogens is 3. The first-order valence-electron chi connectivity index (χ1n) is 7.08. The molecule has 2 aromatic heterocycles. The predicted octanol–water partition coefficient (Wildman–Crippen LogP) is 3.07. The Kier molecular flexibility index (Phi) is 3.96. The zero-order valence-electron chi connectivity index (χ0n) is 12.6. The van der Waals surface area contributed by atoms with Crippen LogP contribution in [0, 0.1) is 6.92 Å². The fourth-order valence-corrected chi connectivity index (χ4v) is 2.42. The summed E-state index contributed by atoms with van der Waals surface area (Å²) in [5.74, 6) is -0.859. The lowest BCUT2D eigenvalue weighted by atomic mass is 10.0. The molecule has 0 bridgehead atoms. The average molecular weight is 334 g/mol. The summed E-state index contributed by atoms with van der Waals surface area (Å²) in [7, 11) is 0. The normalized spacial score (nSPS) is 13.0. The van der Waals surface area contributed by atoms with Crippen molar-refractivity contribution in [2.24, 2.45) is 0 Å². The van der Waals surface area contributed by atoms with Gasteiger partial charge in [0.05, 0.1) is 23.5 Å². The molecule has 24 heavy (non-hydrogen) atoms. The van der Waals surface area contributed by atoms with Crippen LogP contribution in [0.3, 0.4) is 0 Å². The summed E-state index contributed by atoms with van der Waals surface area (Å²) in [6.07, 6.45) is 0.943. The molecule has 0 unspecified atom stereocenters. The third-order valence-corrected chi connectivity index (χ3v) is 3.55. The van der Waals surface area contributed by atoms with E-state index in [0.29, 0.717) is 11.1 Å². The second-order valence-corrected chi connectivity index (χ2v) is 5.33. The Hall–Kier alpha value is -2.90. The number of benzene rings is 1. The van der Waals surface area contributed by atoms with Crippen LogP contribution in [0.1, 0.15) is 27.5 Å². The number of rotatable bonds is 3. The van der Waals surface area contributed by atoms with Crippen LogP contribution < -0.4 is 5.32 Å². The van der Waals surface area contributed by atoms with Gasteiger partial charge in [-0.25, -0.2) is 4.52 Å². The van der Waals surface area contributed by atoms with Gasteiger partial charge in [0, 0.05) is 12.4 Å². The van der Waals surface area contributed by atoms with Gasteiger partial charge < -0.3 is 5.32 Å². The largest absolute Gasteiger partial charge is 0.412 e. The van der Waals surface area contributed by atoms with Gasteiger partial charge in [-0.1, -0.05) is 29.8 Å². The second kappa shape index (κ2) is 5.95. The van der Waals surface area contributed by atoms with E-state index >= 15 is 0 Å². The Labute approximate surface area is 135 Å². The van der Waals surface area contributed by atoms with Crippen LogP contribution >= 0.6 is 0 Å². The molecular weight excluding hydrogens is 321 g/mol. The molecule has 124 valence electrons. The van der Waals surface area contributed by atoms with Gasteiger partial charge in [0.15, 0.2) is 6.04 Å². The van der Waals surface area contributed by atoms with Crippen molar-refractivity contribution in [1.82, 2.24) is 19.9 Å². The van der Waals surface area contributed by atoms with Gasteiger partial charge >= 0.3 is 6.18 Å². The maximum Gasteiger partial charge on any atom is 0.412 e. The predicted molar refractivity (Wildman–Crippen MR) is 80.4 cm³/mol. The Balaban J connectivity index is 1.94. The molecule has 0 fully saturated rings. The van der Waals surface area contributed by atoms with E-state index in [0.717, 1.165) is 0 Å². The first-order chi connectivity index (χ1) is 11.4. The van der Waals surface area contributed by atoms with Crippen LogP contribution in [-0.2, 0) is 0 Å². The highest BCUT2D eigenvalue weighted by atomic mass is 19.4. The summed E-state index contributed by atoms with van der Waals surface area (Å²) < 4.78 is 41.6. The molecular formula is C16H13F3N4O. The number of aryl methyl sites for hydroxylation is 1. The van der Waals surface area contributed by atoms with Crippen LogP contribution in [0.15, 0.2) is 49.1 Å². The third kappa shape index (κ3) is 3.08. The van der Waals surface area contributed by atoms with E-state index in [4.69, 9.17) is 0 Å². The molecule has 1 amide bonds. The SMILES string of the molecule is Cc1cccc([C@@H](NC(=O)c2cnn3ccncc23)C(F)(F)F)c1. The zero-order chi connectivity index (χ0) is 17.3. The van der Waals surface area contributed by atoms with Gasteiger partial charge in [-0.3, -0.25) is 9.78 Å². The van der Waals surface area contributed by atoms with Gasteiger partial charge in [0.2, 0.25) is 0 Å². The number of halogens is 3. The molecule has 3 aromatic rings. The topological polar surface area (TPSA) is 59.3 Å². The number of fused-ring (bicyclic) bond motifs is 1. The van der Waals surface area contributed by atoms with Gasteiger partial charge in [0.25, 0.3) is 5.91 Å². The number of carbonyl (C=O) groups excluding carboxylic acids is 1. The highest BCUT2D eigenvalue weighted by molar-refractivity contribution is 6.00. The molecule has 1 N–H and O–H groups in total. The summed E-state index contributed by atoms with van der Waals surface area (Å²) in [5.41, 5.74) is 1.02. The minimum atomic E-state index is -4.62. The molecule has 2 heterocycles. The highest BCUT2D eigenvalue weighted by Crippen LogP contribution is 2.33. The number of carbonyl (C=O) groups is 1. The molecule has 3 rings (SSSR count). The Bertz CT molecular complexity index is 888. The summed E-state index contributed by atoms with van der Waals surface area (Å²) >= 11 is 0. The lowest BCUT2D eigenvalue weighted by Gasteiger charge is -2.22. The van der Waals surface area contributed by atoms with Crippen molar-refractivity contribution in [2.75, 3.05) is 0 Å². The maximum absolute atomic E-state index is 13.4. The molecule has 0 saturated heterocycles. The molecule has 5 nitrogen and oxygen atoms in total. The fourth-order valence-electron chi connectivity index (χ4n) is 2.42. The van der Waals surface area contributed by atoms with Gasteiger partial charge in [-0.2, -0.15) is 18.3 Å². The van der Waals surface area contributed by atoms with E-state index in [1.807, 2.05) is 5.32 Å². The van der Waals surface area contributed by atoms with Crippen molar-refractivity contribution in [3.63, 3.8) is 0 Å². The molecule has 0 saturated carbocycles. The van der Waals surface area contributed by atoms with Crippen molar-refractivity contribution in [1.29, 1.82) is 0 Å². The van der Waals surface area contributed by atoms with E-state index in [9.17, 15) is 18.0 Å². The quantitative estimate of drug-likeness (QED) is 0.801. The lowest BCUT2D eigenvalue weighted by molar-refractivity contribution is -0.155.